The zero-order valence-electron chi connectivity index (χ0n) is 8.16. The Kier molecular flexibility index (Phi) is 4.35. The highest BCUT2D eigenvalue weighted by Crippen LogP contribution is 2.13. The third kappa shape index (κ3) is 3.85. The Morgan fingerprint density at radius 1 is 1.62 bits per heavy atom. The zero-order valence-corrected chi connectivity index (χ0v) is 8.97. The van der Waals surface area contributed by atoms with E-state index in [4.69, 9.17) is 5.84 Å². The molecule has 0 bridgehead atoms. The molecule has 1 heterocycles. The molecule has 0 aromatic carbocycles. The maximum absolute atomic E-state index is 5.47. The van der Waals surface area contributed by atoms with Crippen LogP contribution in [0.15, 0.2) is 11.7 Å². The van der Waals surface area contributed by atoms with Crippen LogP contribution in [0.25, 0.3) is 0 Å². The highest BCUT2D eigenvalue weighted by Gasteiger charge is 2.10. The van der Waals surface area contributed by atoms with E-state index in [9.17, 15) is 0 Å². The summed E-state index contributed by atoms with van der Waals surface area (Å²) >= 11 is 1.69. The Bertz CT molecular complexity index is 221. The second-order valence-electron chi connectivity index (χ2n) is 3.67. The number of nitrogens with one attached hydrogen (secondary N) is 1. The predicted molar refractivity (Wildman–Crippen MR) is 56.4 cm³/mol. The van der Waals surface area contributed by atoms with Gasteiger partial charge in [0.2, 0.25) is 0 Å². The molecule has 0 saturated carbocycles. The van der Waals surface area contributed by atoms with E-state index in [0.29, 0.717) is 12.0 Å². The number of hydrogen-bond acceptors (Lipinski definition) is 4. The van der Waals surface area contributed by atoms with E-state index in [-0.39, 0.29) is 0 Å². The molecule has 3 nitrogen and oxygen atoms in total. The van der Waals surface area contributed by atoms with Gasteiger partial charge < -0.3 is 0 Å². The lowest BCUT2D eigenvalue weighted by molar-refractivity contribution is 0.425. The van der Waals surface area contributed by atoms with E-state index in [1.165, 1.54) is 4.88 Å². The molecule has 0 aliphatic rings. The fourth-order valence-corrected chi connectivity index (χ4v) is 2.04. The van der Waals surface area contributed by atoms with Crippen molar-refractivity contribution >= 4 is 11.3 Å². The Morgan fingerprint density at radius 2 is 2.38 bits per heavy atom. The first-order valence-corrected chi connectivity index (χ1v) is 5.43. The van der Waals surface area contributed by atoms with Gasteiger partial charge in [0.05, 0.1) is 5.51 Å². The van der Waals surface area contributed by atoms with Gasteiger partial charge in [-0.05, 0) is 12.3 Å². The fraction of sp³-hybridized carbons (Fsp3) is 0.667. The molecule has 1 atom stereocenters. The van der Waals surface area contributed by atoms with E-state index in [1.54, 1.807) is 11.3 Å². The summed E-state index contributed by atoms with van der Waals surface area (Å²) in [5, 5.41) is 0. The van der Waals surface area contributed by atoms with Crippen LogP contribution in [0, 0.1) is 5.92 Å². The average molecular weight is 199 g/mol. The number of rotatable bonds is 5. The summed E-state index contributed by atoms with van der Waals surface area (Å²) in [7, 11) is 0. The SMILES string of the molecule is CC(C)CC(Cc1cncs1)NN. The molecule has 0 spiro atoms. The summed E-state index contributed by atoms with van der Waals surface area (Å²) < 4.78 is 0. The van der Waals surface area contributed by atoms with Crippen LogP contribution < -0.4 is 11.3 Å². The van der Waals surface area contributed by atoms with Crippen molar-refractivity contribution < 1.29 is 0 Å². The highest BCUT2D eigenvalue weighted by molar-refractivity contribution is 7.09. The van der Waals surface area contributed by atoms with E-state index >= 15 is 0 Å². The molecule has 3 N–H and O–H groups in total. The van der Waals surface area contributed by atoms with Crippen LogP contribution in [0.4, 0.5) is 0 Å². The first kappa shape index (κ1) is 10.6. The topological polar surface area (TPSA) is 50.9 Å². The van der Waals surface area contributed by atoms with E-state index in [0.717, 1.165) is 12.8 Å². The molecule has 0 fully saturated rings. The van der Waals surface area contributed by atoms with Crippen molar-refractivity contribution in [2.24, 2.45) is 11.8 Å². The van der Waals surface area contributed by atoms with Gasteiger partial charge in [-0.2, -0.15) is 0 Å². The third-order valence-corrected chi connectivity index (χ3v) is 2.72. The second-order valence-corrected chi connectivity index (χ2v) is 4.64. The van der Waals surface area contributed by atoms with Crippen molar-refractivity contribution in [3.8, 4) is 0 Å². The minimum Gasteiger partial charge on any atom is -0.271 e. The van der Waals surface area contributed by atoms with Crippen molar-refractivity contribution in [2.75, 3.05) is 0 Å². The van der Waals surface area contributed by atoms with Crippen LogP contribution >= 0.6 is 11.3 Å². The van der Waals surface area contributed by atoms with Crippen molar-refractivity contribution in [1.29, 1.82) is 0 Å². The van der Waals surface area contributed by atoms with Gasteiger partial charge in [0.1, 0.15) is 0 Å². The largest absolute Gasteiger partial charge is 0.271 e. The molecule has 0 aliphatic carbocycles. The highest BCUT2D eigenvalue weighted by atomic mass is 32.1. The van der Waals surface area contributed by atoms with Crippen molar-refractivity contribution in [2.45, 2.75) is 32.7 Å². The first-order valence-electron chi connectivity index (χ1n) is 4.56. The molecule has 1 rings (SSSR count). The smallest absolute Gasteiger partial charge is 0.0794 e. The summed E-state index contributed by atoms with van der Waals surface area (Å²) in [6.45, 7) is 4.41. The summed E-state index contributed by atoms with van der Waals surface area (Å²) in [4.78, 5) is 5.33. The Labute approximate surface area is 83.3 Å². The van der Waals surface area contributed by atoms with Gasteiger partial charge in [0.15, 0.2) is 0 Å². The monoisotopic (exact) mass is 199 g/mol. The minimum absolute atomic E-state index is 0.375. The molecule has 0 saturated heterocycles. The fourth-order valence-electron chi connectivity index (χ4n) is 1.37. The van der Waals surface area contributed by atoms with Crippen molar-refractivity contribution in [3.63, 3.8) is 0 Å². The number of aromatic nitrogens is 1. The van der Waals surface area contributed by atoms with Crippen LogP contribution in [-0.4, -0.2) is 11.0 Å². The second kappa shape index (κ2) is 5.32. The predicted octanol–water partition coefficient (Wildman–Crippen LogP) is 1.56. The molecule has 74 valence electrons. The minimum atomic E-state index is 0.375. The van der Waals surface area contributed by atoms with Crippen LogP contribution in [0.1, 0.15) is 25.1 Å². The summed E-state index contributed by atoms with van der Waals surface area (Å²) in [6, 6.07) is 0.375. The molecular weight excluding hydrogens is 182 g/mol. The molecule has 1 aromatic rings. The molecular formula is C9H17N3S. The Balaban J connectivity index is 2.40. The molecule has 0 amide bonds. The van der Waals surface area contributed by atoms with Crippen LogP contribution in [0.3, 0.4) is 0 Å². The maximum atomic E-state index is 5.47. The van der Waals surface area contributed by atoms with Gasteiger partial charge in [-0.1, -0.05) is 13.8 Å². The summed E-state index contributed by atoms with van der Waals surface area (Å²) in [6.07, 6.45) is 4.00. The molecule has 13 heavy (non-hydrogen) atoms. The van der Waals surface area contributed by atoms with Crippen molar-refractivity contribution in [1.82, 2.24) is 10.4 Å². The normalized spacial score (nSPS) is 13.5. The number of hydrogen-bond donors (Lipinski definition) is 2. The van der Waals surface area contributed by atoms with Crippen LogP contribution in [0.5, 0.6) is 0 Å². The van der Waals surface area contributed by atoms with Gasteiger partial charge in [-0.3, -0.25) is 16.3 Å². The van der Waals surface area contributed by atoms with Gasteiger partial charge in [-0.25, -0.2) is 0 Å². The lowest BCUT2D eigenvalue weighted by atomic mass is 10.0. The number of hydrazine groups is 1. The van der Waals surface area contributed by atoms with Crippen LogP contribution in [0.2, 0.25) is 0 Å². The van der Waals surface area contributed by atoms with Gasteiger partial charge in [0, 0.05) is 23.5 Å². The lowest BCUT2D eigenvalue weighted by Crippen LogP contribution is -2.37. The quantitative estimate of drug-likeness (QED) is 0.559. The zero-order chi connectivity index (χ0) is 9.68. The summed E-state index contributed by atoms with van der Waals surface area (Å²) in [5.41, 5.74) is 4.71. The van der Waals surface area contributed by atoms with Crippen molar-refractivity contribution in [3.05, 3.63) is 16.6 Å². The number of nitrogens with two attached hydrogens (primary N) is 1. The molecule has 4 heteroatoms. The summed E-state index contributed by atoms with van der Waals surface area (Å²) in [5.74, 6) is 6.15. The van der Waals surface area contributed by atoms with E-state index in [2.05, 4.69) is 24.3 Å². The maximum Gasteiger partial charge on any atom is 0.0794 e. The molecule has 0 aliphatic heterocycles. The third-order valence-electron chi connectivity index (χ3n) is 1.92. The first-order chi connectivity index (χ1) is 6.22. The molecule has 0 radical (unpaired) electrons. The molecule has 1 unspecified atom stereocenters. The lowest BCUT2D eigenvalue weighted by Gasteiger charge is -2.16. The number of nitrogens with zero attached hydrogens (tertiary/aromatic N) is 1. The van der Waals surface area contributed by atoms with E-state index < -0.39 is 0 Å². The van der Waals surface area contributed by atoms with Gasteiger partial charge >= 0.3 is 0 Å². The van der Waals surface area contributed by atoms with Gasteiger partial charge in [0.25, 0.3) is 0 Å². The standard InChI is InChI=1S/C9H17N3S/c1-7(2)3-8(12-10)4-9-5-11-6-13-9/h5-8,12H,3-4,10H2,1-2H3. The number of thiazole rings is 1. The van der Waals surface area contributed by atoms with Crippen LogP contribution in [-0.2, 0) is 6.42 Å². The Morgan fingerprint density at radius 3 is 2.85 bits per heavy atom. The van der Waals surface area contributed by atoms with Gasteiger partial charge in [-0.15, -0.1) is 11.3 Å². The van der Waals surface area contributed by atoms with E-state index in [1.807, 2.05) is 11.7 Å². The average Bonchev–Trinajstić information content (AvgIpc) is 2.55. The molecule has 1 aromatic heterocycles. The Hall–Kier alpha value is -0.450.